The first-order valence-corrected chi connectivity index (χ1v) is 13.1. The topological polar surface area (TPSA) is 132 Å². The number of nitrogens with zero attached hydrogens (tertiary/aromatic N) is 3. The van der Waals surface area contributed by atoms with Crippen LogP contribution in [0.1, 0.15) is 6.92 Å². The van der Waals surface area contributed by atoms with Crippen molar-refractivity contribution in [3.05, 3.63) is 76.2 Å². The van der Waals surface area contributed by atoms with Crippen LogP contribution in [-0.4, -0.2) is 43.0 Å². The molecular weight excluding hydrogens is 537 g/mol. The van der Waals surface area contributed by atoms with Crippen LogP contribution in [0.25, 0.3) is 22.0 Å². The van der Waals surface area contributed by atoms with Gasteiger partial charge in [0.2, 0.25) is 11.8 Å². The summed E-state index contributed by atoms with van der Waals surface area (Å²) in [6.07, 6.45) is 2.86. The number of sulfonamides is 1. The highest BCUT2D eigenvalue weighted by Crippen LogP contribution is 2.31. The van der Waals surface area contributed by atoms with E-state index in [0.29, 0.717) is 22.0 Å². The van der Waals surface area contributed by atoms with Crippen LogP contribution in [-0.2, 0) is 21.4 Å². The zero-order valence-electron chi connectivity index (χ0n) is 20.5. The maximum atomic E-state index is 13.5. The Balaban J connectivity index is 1.73. The lowest BCUT2D eigenvalue weighted by molar-refractivity contribution is -0.124. The number of aromatic nitrogens is 3. The zero-order chi connectivity index (χ0) is 27.6. The van der Waals surface area contributed by atoms with Gasteiger partial charge in [-0.3, -0.25) is 18.9 Å². The second-order valence-electron chi connectivity index (χ2n) is 8.41. The van der Waals surface area contributed by atoms with Crippen LogP contribution >= 0.6 is 11.6 Å². The van der Waals surface area contributed by atoms with Crippen molar-refractivity contribution in [3.8, 4) is 17.0 Å². The predicted molar refractivity (Wildman–Crippen MR) is 141 cm³/mol. The Bertz CT molecular complexity index is 1710. The van der Waals surface area contributed by atoms with Crippen molar-refractivity contribution in [1.29, 1.82) is 0 Å². The van der Waals surface area contributed by atoms with Crippen molar-refractivity contribution < 1.29 is 22.3 Å². The Hall–Kier alpha value is -4.03. The van der Waals surface area contributed by atoms with Crippen LogP contribution in [0.2, 0.25) is 5.02 Å². The van der Waals surface area contributed by atoms with Gasteiger partial charge in [-0.1, -0.05) is 24.6 Å². The first kappa shape index (κ1) is 27.0. The second kappa shape index (κ2) is 10.8. The number of pyridine rings is 1. The van der Waals surface area contributed by atoms with Crippen molar-refractivity contribution in [1.82, 2.24) is 19.9 Å². The highest BCUT2D eigenvalue weighted by atomic mass is 35.5. The number of carbonyl (C=O) groups excluding carboxylic acids is 1. The minimum Gasteiger partial charge on any atom is -0.480 e. The van der Waals surface area contributed by atoms with E-state index in [0.717, 1.165) is 18.2 Å². The molecule has 0 radical (unpaired) electrons. The van der Waals surface area contributed by atoms with Gasteiger partial charge in [0, 0.05) is 25.4 Å². The third-order valence-electron chi connectivity index (χ3n) is 5.81. The molecule has 2 heterocycles. The van der Waals surface area contributed by atoms with E-state index in [1.807, 2.05) is 0 Å². The number of hydrogen-bond acceptors (Lipinski definition) is 7. The van der Waals surface area contributed by atoms with E-state index < -0.39 is 21.8 Å². The molecule has 2 N–H and O–H groups in total. The van der Waals surface area contributed by atoms with E-state index in [4.69, 9.17) is 16.3 Å². The fraction of sp³-hybridized carbons (Fsp3) is 0.200. The number of methoxy groups -OCH3 is 1. The van der Waals surface area contributed by atoms with E-state index in [2.05, 4.69) is 20.0 Å². The van der Waals surface area contributed by atoms with Gasteiger partial charge in [-0.25, -0.2) is 22.8 Å². The van der Waals surface area contributed by atoms with E-state index in [1.165, 1.54) is 37.3 Å². The second-order valence-corrected chi connectivity index (χ2v) is 10.5. The van der Waals surface area contributed by atoms with Gasteiger partial charge in [-0.2, -0.15) is 0 Å². The first-order valence-electron chi connectivity index (χ1n) is 11.3. The zero-order valence-corrected chi connectivity index (χ0v) is 22.1. The van der Waals surface area contributed by atoms with Gasteiger partial charge in [-0.05, 0) is 42.0 Å². The fourth-order valence-corrected chi connectivity index (χ4v) is 5.11. The van der Waals surface area contributed by atoms with Gasteiger partial charge in [-0.15, -0.1) is 0 Å². The quantitative estimate of drug-likeness (QED) is 0.338. The van der Waals surface area contributed by atoms with Crippen molar-refractivity contribution in [3.63, 3.8) is 0 Å². The molecule has 0 saturated heterocycles. The number of nitrogens with one attached hydrogen (secondary N) is 2. The van der Waals surface area contributed by atoms with E-state index >= 15 is 0 Å². The summed E-state index contributed by atoms with van der Waals surface area (Å²) >= 11 is 5.75. The average Bonchev–Trinajstić information content (AvgIpc) is 2.90. The van der Waals surface area contributed by atoms with Crippen molar-refractivity contribution in [2.45, 2.75) is 18.4 Å². The van der Waals surface area contributed by atoms with E-state index in [9.17, 15) is 22.4 Å². The molecule has 1 atom stereocenters. The van der Waals surface area contributed by atoms with Crippen LogP contribution in [0.5, 0.6) is 5.88 Å². The molecule has 0 saturated carbocycles. The fourth-order valence-electron chi connectivity index (χ4n) is 3.79. The number of fused-ring (bicyclic) bond motifs is 1. The third kappa shape index (κ3) is 5.46. The van der Waals surface area contributed by atoms with Crippen molar-refractivity contribution in [2.24, 2.45) is 5.92 Å². The van der Waals surface area contributed by atoms with E-state index in [1.54, 1.807) is 25.1 Å². The van der Waals surface area contributed by atoms with Crippen LogP contribution in [0, 0.1) is 11.7 Å². The molecule has 4 aromatic rings. The molecule has 0 spiro atoms. The van der Waals surface area contributed by atoms with Crippen molar-refractivity contribution >= 4 is 44.1 Å². The molecule has 0 aliphatic carbocycles. The van der Waals surface area contributed by atoms with Gasteiger partial charge in [0.25, 0.3) is 15.6 Å². The summed E-state index contributed by atoms with van der Waals surface area (Å²) in [7, 11) is -1.31. The normalized spacial score (nSPS) is 12.2. The van der Waals surface area contributed by atoms with E-state index in [-0.39, 0.29) is 39.5 Å². The van der Waals surface area contributed by atoms with Gasteiger partial charge < -0.3 is 10.1 Å². The highest BCUT2D eigenvalue weighted by molar-refractivity contribution is 7.92. The molecule has 0 unspecified atom stereocenters. The minimum absolute atomic E-state index is 0.00136. The summed E-state index contributed by atoms with van der Waals surface area (Å²) in [5.74, 6) is -1.40. The Morgan fingerprint density at radius 3 is 2.61 bits per heavy atom. The lowest BCUT2D eigenvalue weighted by atomic mass is 10.0. The molecule has 0 aliphatic rings. The molecular formula is C25H23ClFN5O5S. The number of anilines is 1. The van der Waals surface area contributed by atoms with Gasteiger partial charge in [0.15, 0.2) is 0 Å². The highest BCUT2D eigenvalue weighted by Gasteiger charge is 2.20. The van der Waals surface area contributed by atoms with Crippen molar-refractivity contribution in [2.75, 3.05) is 18.9 Å². The molecule has 10 nitrogen and oxygen atoms in total. The Morgan fingerprint density at radius 1 is 1.16 bits per heavy atom. The molecule has 38 heavy (non-hydrogen) atoms. The molecule has 0 fully saturated rings. The van der Waals surface area contributed by atoms with Gasteiger partial charge >= 0.3 is 0 Å². The SMILES string of the molecule is CNC(=O)[C@@H](C)Cn1cnc2ccc(-c3cnc(OC)c(NS(=O)(=O)c4ccc(F)c(Cl)c4)c3)cc2c1=O. The summed E-state index contributed by atoms with van der Waals surface area (Å²) in [5, 5.41) is 2.53. The Labute approximate surface area is 222 Å². The lowest BCUT2D eigenvalue weighted by Gasteiger charge is -2.14. The molecule has 198 valence electrons. The predicted octanol–water partition coefficient (Wildman–Crippen LogP) is 3.44. The number of rotatable bonds is 8. The average molecular weight is 560 g/mol. The number of halogens is 2. The minimum atomic E-state index is -4.17. The summed E-state index contributed by atoms with van der Waals surface area (Å²) < 4.78 is 48.4. The Morgan fingerprint density at radius 2 is 1.92 bits per heavy atom. The largest absolute Gasteiger partial charge is 0.480 e. The molecule has 2 aromatic heterocycles. The third-order valence-corrected chi connectivity index (χ3v) is 7.46. The number of hydrogen-bond donors (Lipinski definition) is 2. The number of amides is 1. The number of benzene rings is 2. The number of carbonyl (C=O) groups is 1. The summed E-state index contributed by atoms with van der Waals surface area (Å²) in [6, 6.07) is 9.52. The first-order chi connectivity index (χ1) is 18.0. The van der Waals surface area contributed by atoms with Gasteiger partial charge in [0.1, 0.15) is 11.5 Å². The molecule has 2 aromatic carbocycles. The van der Waals surface area contributed by atoms with Crippen LogP contribution in [0.3, 0.4) is 0 Å². The van der Waals surface area contributed by atoms with Crippen LogP contribution in [0.15, 0.2) is 64.7 Å². The molecule has 4 rings (SSSR count). The maximum absolute atomic E-state index is 13.5. The molecule has 13 heteroatoms. The van der Waals surface area contributed by atoms with Crippen LogP contribution < -0.4 is 20.3 Å². The summed E-state index contributed by atoms with van der Waals surface area (Å²) in [6.45, 7) is 1.85. The summed E-state index contributed by atoms with van der Waals surface area (Å²) in [5.41, 5.74) is 1.19. The standard InChI is InChI=1S/C25H23ClFN5O5S/c1-14(23(33)28-2)12-32-13-30-21-7-4-15(8-18(21)25(32)34)16-9-22(24(37-3)29-11-16)31-38(35,36)17-5-6-20(27)19(26)10-17/h4-11,13-14,31H,12H2,1-3H3,(H,28,33)/t14-/m0/s1. The van der Waals surface area contributed by atoms with Gasteiger partial charge in [0.05, 0.1) is 40.2 Å². The maximum Gasteiger partial charge on any atom is 0.262 e. The Kier molecular flexibility index (Phi) is 7.65. The number of ether oxygens (including phenoxy) is 1. The molecule has 0 aliphatic heterocycles. The summed E-state index contributed by atoms with van der Waals surface area (Å²) in [4.78, 5) is 33.3. The van der Waals surface area contributed by atoms with Crippen LogP contribution in [0.4, 0.5) is 10.1 Å². The lowest BCUT2D eigenvalue weighted by Crippen LogP contribution is -2.32. The molecule has 1 amide bonds. The molecule has 0 bridgehead atoms. The smallest absolute Gasteiger partial charge is 0.262 e. The monoisotopic (exact) mass is 559 g/mol.